The second-order valence-electron chi connectivity index (χ2n) is 13.9. The molecule has 1 aromatic rings. The molecule has 1 fully saturated rings. The fraction of sp³-hybridized carbons (Fsp3) is 0.512. The molecule has 0 heterocycles. The van der Waals surface area contributed by atoms with Crippen LogP contribution in [0.3, 0.4) is 0 Å². The van der Waals surface area contributed by atoms with Crippen LogP contribution in [0, 0.1) is 29.6 Å². The molecule has 8 nitrogen and oxygen atoms in total. The van der Waals surface area contributed by atoms with Crippen LogP contribution in [0.25, 0.3) is 0 Å². The molecule has 4 rings (SSSR count). The summed E-state index contributed by atoms with van der Waals surface area (Å²) in [5.74, 6) is -1.50. The van der Waals surface area contributed by atoms with E-state index in [1.165, 1.54) is 29.5 Å². The molecule has 0 amide bonds. The van der Waals surface area contributed by atoms with Crippen LogP contribution in [0.5, 0.6) is 11.5 Å². The van der Waals surface area contributed by atoms with Crippen molar-refractivity contribution >= 4 is 46.3 Å². The topological polar surface area (TPSA) is 108 Å². The maximum absolute atomic E-state index is 13.6. The summed E-state index contributed by atoms with van der Waals surface area (Å²) in [6.07, 6.45) is 9.33. The highest BCUT2D eigenvalue weighted by atomic mass is 32.2. The zero-order valence-electron chi connectivity index (χ0n) is 30.5. The van der Waals surface area contributed by atoms with Crippen LogP contribution in [0.2, 0.25) is 0 Å². The van der Waals surface area contributed by atoms with Gasteiger partial charge in [-0.05, 0) is 99.7 Å². The minimum absolute atomic E-state index is 0.00343. The van der Waals surface area contributed by atoms with Crippen molar-refractivity contribution in [3.8, 4) is 11.5 Å². The van der Waals surface area contributed by atoms with Gasteiger partial charge in [-0.15, -0.1) is 0 Å². The number of phenolic OH excluding ortho intramolecular Hbond substituents is 1. The number of ether oxygens (including phenoxy) is 4. The molecule has 3 aliphatic rings. The van der Waals surface area contributed by atoms with Crippen molar-refractivity contribution in [3.63, 3.8) is 0 Å². The maximum Gasteiger partial charge on any atom is 0.508 e. The van der Waals surface area contributed by atoms with Gasteiger partial charge in [-0.1, -0.05) is 87.6 Å². The van der Waals surface area contributed by atoms with E-state index in [1.54, 1.807) is 6.92 Å². The molecule has 0 saturated heterocycles. The summed E-state index contributed by atoms with van der Waals surface area (Å²) in [4.78, 5) is 39.2. The molecular weight excluding hydrogens is 685 g/mol. The van der Waals surface area contributed by atoms with E-state index >= 15 is 0 Å². The van der Waals surface area contributed by atoms with Crippen molar-refractivity contribution in [2.75, 3.05) is 19.0 Å². The van der Waals surface area contributed by atoms with Crippen LogP contribution in [-0.4, -0.2) is 52.5 Å². The fourth-order valence-electron chi connectivity index (χ4n) is 7.87. The fourth-order valence-corrected chi connectivity index (χ4v) is 8.98. The number of ketones is 1. The Hall–Kier alpha value is -3.63. The van der Waals surface area contributed by atoms with Crippen LogP contribution in [-0.2, 0) is 30.2 Å². The van der Waals surface area contributed by atoms with Crippen molar-refractivity contribution in [2.24, 2.45) is 29.6 Å². The van der Waals surface area contributed by atoms with Gasteiger partial charge in [-0.3, -0.25) is 4.79 Å². The zero-order chi connectivity index (χ0) is 37.4. The lowest BCUT2D eigenvalue weighted by atomic mass is 9.59. The molecule has 0 bridgehead atoms. The summed E-state index contributed by atoms with van der Waals surface area (Å²) in [6.45, 7) is 21.4. The molecule has 7 atom stereocenters. The van der Waals surface area contributed by atoms with Gasteiger partial charge in [-0.2, -0.15) is 0 Å². The van der Waals surface area contributed by atoms with Gasteiger partial charge in [0.15, 0.2) is 0 Å². The van der Waals surface area contributed by atoms with Crippen LogP contribution >= 0.6 is 24.0 Å². The smallest absolute Gasteiger partial charge is 0.507 e. The highest BCUT2D eigenvalue weighted by Crippen LogP contribution is 2.57. The number of fused-ring (bicyclic) bond motifs is 1. The number of benzene rings is 1. The van der Waals surface area contributed by atoms with E-state index < -0.39 is 30.1 Å². The standard InChI is InChI=1S/C41H52O8S2/c1-9-12-13-14-27-20-31(42)35(29-19-24(6)15-16-28(29)23(4)5)32(21-27)49-41(50)51-22-30-25(7)33-34(26(8)48-40(45)47-18-11-3)38(43)37(33)36(30)39(44)46-17-10-2/h10-11,19-21,25-26,28-29,33-34,37,42H,2-4,9,12-18,22H2,1,5-8H3/t25-,26+,28-,29+,33+,34+,37?/m0/s1. The molecular formula is C41H52O8S2. The van der Waals surface area contributed by atoms with Crippen LogP contribution < -0.4 is 4.74 Å². The number of carbonyl (C=O) groups excluding carboxylic acids is 3. The average molecular weight is 737 g/mol. The van der Waals surface area contributed by atoms with Crippen molar-refractivity contribution in [3.05, 3.63) is 83.5 Å². The number of hydrogen-bond acceptors (Lipinski definition) is 10. The number of hydrogen-bond donors (Lipinski definition) is 1. The number of esters is 1. The second-order valence-corrected chi connectivity index (χ2v) is 15.5. The minimum atomic E-state index is -0.880. The summed E-state index contributed by atoms with van der Waals surface area (Å²) >= 11 is 7.07. The number of thioether (sulfide) groups is 1. The Labute approximate surface area is 312 Å². The molecule has 1 saturated carbocycles. The van der Waals surface area contributed by atoms with Gasteiger partial charge >= 0.3 is 12.1 Å². The summed E-state index contributed by atoms with van der Waals surface area (Å²) < 4.78 is 22.5. The summed E-state index contributed by atoms with van der Waals surface area (Å²) in [6, 6.07) is 3.84. The summed E-state index contributed by atoms with van der Waals surface area (Å²) in [5, 5.41) is 11.5. The van der Waals surface area contributed by atoms with Gasteiger partial charge in [0.1, 0.15) is 36.6 Å². The Kier molecular flexibility index (Phi) is 14.3. The second kappa shape index (κ2) is 18.2. The number of phenols is 1. The lowest BCUT2D eigenvalue weighted by Crippen LogP contribution is -2.54. The molecule has 3 aliphatic carbocycles. The van der Waals surface area contributed by atoms with E-state index in [0.29, 0.717) is 16.9 Å². The highest BCUT2D eigenvalue weighted by Gasteiger charge is 2.62. The third kappa shape index (κ3) is 9.24. The van der Waals surface area contributed by atoms with Crippen LogP contribution in [0.4, 0.5) is 4.79 Å². The highest BCUT2D eigenvalue weighted by molar-refractivity contribution is 8.22. The monoisotopic (exact) mass is 736 g/mol. The van der Waals surface area contributed by atoms with Crippen molar-refractivity contribution < 1.29 is 38.4 Å². The van der Waals surface area contributed by atoms with E-state index in [2.05, 4.69) is 39.7 Å². The number of unbranched alkanes of at least 4 members (excludes halogenated alkanes) is 2. The number of aryl methyl sites for hydroxylation is 1. The Morgan fingerprint density at radius 2 is 1.86 bits per heavy atom. The lowest BCUT2D eigenvalue weighted by Gasteiger charge is -2.44. The van der Waals surface area contributed by atoms with E-state index in [4.69, 9.17) is 31.2 Å². The third-order valence-corrected chi connectivity index (χ3v) is 11.6. The van der Waals surface area contributed by atoms with Gasteiger partial charge in [0.25, 0.3) is 0 Å². The minimum Gasteiger partial charge on any atom is -0.507 e. The number of Topliss-reactive ketones (excluding diaryl/α,β-unsaturated/α-hetero) is 1. The third-order valence-electron chi connectivity index (χ3n) is 10.4. The normalized spacial score (nSPS) is 24.4. The Bertz CT molecular complexity index is 1610. The van der Waals surface area contributed by atoms with Crippen molar-refractivity contribution in [1.29, 1.82) is 0 Å². The van der Waals surface area contributed by atoms with Gasteiger partial charge in [0.05, 0.1) is 11.8 Å². The number of thiocarbonyl (C=S) groups is 1. The predicted molar refractivity (Wildman–Crippen MR) is 206 cm³/mol. The largest absolute Gasteiger partial charge is 0.508 e. The SMILES string of the molecule is C=CCOC(=O)O[C@H](C)[C@H]1C(=O)C2C(C(=O)OCC=C)=C(CSC(=S)Oc3cc(CCCCC)cc(O)c3[C@@H]3C=C(C)CC[C@H]3C(=C)C)[C@H](C)[C@@H]21. The molecule has 1 unspecified atom stereocenters. The molecule has 51 heavy (non-hydrogen) atoms. The van der Waals surface area contributed by atoms with Gasteiger partial charge in [0, 0.05) is 22.8 Å². The number of aromatic hydroxyl groups is 1. The first-order valence-electron chi connectivity index (χ1n) is 17.9. The van der Waals surface area contributed by atoms with E-state index in [-0.39, 0.29) is 58.6 Å². The molecule has 1 aromatic carbocycles. The number of carbonyl (C=O) groups is 3. The molecule has 0 radical (unpaired) electrons. The predicted octanol–water partition coefficient (Wildman–Crippen LogP) is 9.37. The molecule has 0 spiro atoms. The van der Waals surface area contributed by atoms with E-state index in [0.717, 1.165) is 55.2 Å². The van der Waals surface area contributed by atoms with E-state index in [1.807, 2.05) is 26.0 Å². The average Bonchev–Trinajstić information content (AvgIpc) is 3.32. The molecule has 1 N–H and O–H groups in total. The number of rotatable bonds is 16. The van der Waals surface area contributed by atoms with E-state index in [9.17, 15) is 19.5 Å². The Morgan fingerprint density at radius 1 is 1.16 bits per heavy atom. The van der Waals surface area contributed by atoms with Gasteiger partial charge in [-0.25, -0.2) is 9.59 Å². The quantitative estimate of drug-likeness (QED) is 0.0763. The first-order valence-corrected chi connectivity index (χ1v) is 19.3. The van der Waals surface area contributed by atoms with Crippen LogP contribution in [0.15, 0.2) is 72.4 Å². The van der Waals surface area contributed by atoms with Crippen molar-refractivity contribution in [2.45, 2.75) is 85.2 Å². The number of allylic oxidation sites excluding steroid dienone is 3. The first-order chi connectivity index (χ1) is 24.3. The van der Waals surface area contributed by atoms with Crippen LogP contribution in [0.1, 0.15) is 83.8 Å². The first kappa shape index (κ1) is 40.1. The summed E-state index contributed by atoms with van der Waals surface area (Å²) in [5.41, 5.74) is 5.04. The van der Waals surface area contributed by atoms with Gasteiger partial charge in [0.2, 0.25) is 4.38 Å². The van der Waals surface area contributed by atoms with Gasteiger partial charge < -0.3 is 24.1 Å². The maximum atomic E-state index is 13.6. The molecule has 10 heteroatoms. The Balaban J connectivity index is 1.60. The summed E-state index contributed by atoms with van der Waals surface area (Å²) in [7, 11) is 0. The zero-order valence-corrected chi connectivity index (χ0v) is 32.2. The molecule has 276 valence electrons. The molecule has 0 aromatic heterocycles. The van der Waals surface area contributed by atoms with Crippen molar-refractivity contribution in [1.82, 2.24) is 0 Å². The Morgan fingerprint density at radius 3 is 2.53 bits per heavy atom. The lowest BCUT2D eigenvalue weighted by molar-refractivity contribution is -0.153. The molecule has 0 aliphatic heterocycles.